The number of carbonyl (C=O) groups excluding carboxylic acids is 3. The van der Waals surface area contributed by atoms with Crippen molar-refractivity contribution in [1.82, 2.24) is 4.90 Å². The van der Waals surface area contributed by atoms with Gasteiger partial charge in [-0.3, -0.25) is 19.3 Å². The van der Waals surface area contributed by atoms with E-state index in [4.69, 9.17) is 5.73 Å². The van der Waals surface area contributed by atoms with Crippen LogP contribution in [0.2, 0.25) is 0 Å². The molecule has 0 fully saturated rings. The van der Waals surface area contributed by atoms with Crippen LogP contribution in [0.4, 0.5) is 5.69 Å². The van der Waals surface area contributed by atoms with Crippen molar-refractivity contribution in [2.75, 3.05) is 33.1 Å². The van der Waals surface area contributed by atoms with Crippen molar-refractivity contribution in [3.05, 3.63) is 45.9 Å². The third kappa shape index (κ3) is 2.97. The van der Waals surface area contributed by atoms with E-state index >= 15 is 0 Å². The van der Waals surface area contributed by atoms with E-state index in [1.807, 2.05) is 0 Å². The largest absolute Gasteiger partial charge is 0.510 e. The van der Waals surface area contributed by atoms with Crippen LogP contribution in [0.5, 0.6) is 5.75 Å². The zero-order chi connectivity index (χ0) is 24.6. The highest BCUT2D eigenvalue weighted by molar-refractivity contribution is 6.24. The second-order valence-corrected chi connectivity index (χ2v) is 9.36. The van der Waals surface area contributed by atoms with Crippen LogP contribution in [0, 0.1) is 11.8 Å². The SMILES string of the molecule is CN(C)c1cc(O)c2c(c1)C[C@H]1CC3[C@H](N(C)C)C(O)=C(C(N)=O)C(=O)[C@@]3(O)C(O)=C1C2=O. The van der Waals surface area contributed by atoms with Gasteiger partial charge in [0.25, 0.3) is 5.91 Å². The number of hydrogen-bond acceptors (Lipinski definition) is 9. The Bertz CT molecular complexity index is 1170. The number of anilines is 1. The third-order valence-corrected chi connectivity index (χ3v) is 7.03. The van der Waals surface area contributed by atoms with E-state index in [1.165, 1.54) is 11.0 Å². The maximum atomic E-state index is 13.4. The molecule has 33 heavy (non-hydrogen) atoms. The highest BCUT2D eigenvalue weighted by Gasteiger charge is 2.63. The van der Waals surface area contributed by atoms with Gasteiger partial charge in [-0.05, 0) is 44.5 Å². The quantitative estimate of drug-likeness (QED) is 0.398. The molecule has 10 heteroatoms. The summed E-state index contributed by atoms with van der Waals surface area (Å²) in [5.74, 6) is -6.51. The zero-order valence-electron chi connectivity index (χ0n) is 18.8. The van der Waals surface area contributed by atoms with Gasteiger partial charge in [0.2, 0.25) is 5.78 Å². The van der Waals surface area contributed by atoms with E-state index in [2.05, 4.69) is 0 Å². The lowest BCUT2D eigenvalue weighted by Crippen LogP contribution is -2.63. The number of benzene rings is 1. The molecule has 1 aromatic carbocycles. The molecule has 0 saturated heterocycles. The number of phenolic OH excluding ortho intramolecular Hbond substituents is 1. The van der Waals surface area contributed by atoms with Crippen LogP contribution in [0.25, 0.3) is 0 Å². The number of carbonyl (C=O) groups is 3. The minimum atomic E-state index is -2.62. The van der Waals surface area contributed by atoms with Gasteiger partial charge >= 0.3 is 0 Å². The maximum absolute atomic E-state index is 13.4. The number of ketones is 2. The van der Waals surface area contributed by atoms with Gasteiger partial charge < -0.3 is 31.1 Å². The van der Waals surface area contributed by atoms with Crippen molar-refractivity contribution in [2.24, 2.45) is 17.6 Å². The molecule has 0 aliphatic heterocycles. The number of amides is 1. The van der Waals surface area contributed by atoms with Crippen molar-refractivity contribution in [3.8, 4) is 5.75 Å². The lowest BCUT2D eigenvalue weighted by Gasteiger charge is -2.50. The van der Waals surface area contributed by atoms with Crippen LogP contribution < -0.4 is 10.6 Å². The summed E-state index contributed by atoms with van der Waals surface area (Å²) >= 11 is 0. The topological polar surface area (TPSA) is 165 Å². The summed E-state index contributed by atoms with van der Waals surface area (Å²) in [5, 5.41) is 44.0. The summed E-state index contributed by atoms with van der Waals surface area (Å²) in [5.41, 5.74) is 2.98. The minimum Gasteiger partial charge on any atom is -0.510 e. The van der Waals surface area contributed by atoms with Gasteiger partial charge in [-0.1, -0.05) is 0 Å². The molecule has 1 amide bonds. The number of likely N-dealkylation sites (N-methyl/N-ethyl adjacent to an activating group) is 1. The Hall–Kier alpha value is -3.37. The van der Waals surface area contributed by atoms with E-state index in [1.54, 1.807) is 39.2 Å². The van der Waals surface area contributed by atoms with Crippen LogP contribution in [0.3, 0.4) is 0 Å². The summed E-state index contributed by atoms with van der Waals surface area (Å²) in [7, 11) is 6.78. The zero-order valence-corrected chi connectivity index (χ0v) is 18.8. The average Bonchev–Trinajstić information content (AvgIpc) is 2.69. The van der Waals surface area contributed by atoms with Gasteiger partial charge in [0.1, 0.15) is 22.8 Å². The molecule has 0 saturated carbocycles. The van der Waals surface area contributed by atoms with E-state index < -0.39 is 58.0 Å². The number of fused-ring (bicyclic) bond motifs is 3. The first kappa shape index (κ1) is 22.8. The Morgan fingerprint density at radius 1 is 1.12 bits per heavy atom. The number of allylic oxidation sites excluding steroid dienone is 1. The standard InChI is InChI=1S/C23H27N3O7/c1-25(2)11-6-9-5-10-7-12-17(26(3)4)19(29)16(22(24)32)21(31)23(12,33)20(30)15(10)18(28)14(9)13(27)8-11/h6,8,10,12,17,27,29-30,33H,5,7H2,1-4H3,(H2,24,32)/t10-,12?,17-,23-/m0/s1. The van der Waals surface area contributed by atoms with Crippen LogP contribution in [0.15, 0.2) is 34.8 Å². The molecular weight excluding hydrogens is 430 g/mol. The van der Waals surface area contributed by atoms with Crippen molar-refractivity contribution in [2.45, 2.75) is 24.5 Å². The molecular formula is C23H27N3O7. The number of hydrogen-bond donors (Lipinski definition) is 5. The van der Waals surface area contributed by atoms with Crippen LogP contribution in [0.1, 0.15) is 22.3 Å². The molecule has 6 N–H and O–H groups in total. The fourth-order valence-corrected chi connectivity index (χ4v) is 5.52. The Morgan fingerprint density at radius 2 is 1.76 bits per heavy atom. The first-order valence-electron chi connectivity index (χ1n) is 10.5. The van der Waals surface area contributed by atoms with Crippen molar-refractivity contribution in [3.63, 3.8) is 0 Å². The van der Waals surface area contributed by atoms with E-state index in [0.29, 0.717) is 11.3 Å². The lowest BCUT2D eigenvalue weighted by atomic mass is 9.58. The van der Waals surface area contributed by atoms with Crippen molar-refractivity contribution < 1.29 is 34.8 Å². The third-order valence-electron chi connectivity index (χ3n) is 7.03. The molecule has 176 valence electrons. The number of aliphatic hydroxyl groups is 3. The van der Waals surface area contributed by atoms with Crippen LogP contribution in [-0.2, 0) is 16.0 Å². The van der Waals surface area contributed by atoms with Crippen LogP contribution in [-0.4, -0.2) is 82.6 Å². The number of rotatable bonds is 3. The number of Topliss-reactive ketones (excluding diaryl/α,β-unsaturated/α-hetero) is 2. The fraction of sp³-hybridized carbons (Fsp3) is 0.435. The molecule has 10 nitrogen and oxygen atoms in total. The van der Waals surface area contributed by atoms with E-state index in [-0.39, 0.29) is 29.7 Å². The predicted octanol–water partition coefficient (Wildman–Crippen LogP) is 0.187. The molecule has 3 aliphatic carbocycles. The van der Waals surface area contributed by atoms with Crippen molar-refractivity contribution >= 4 is 23.2 Å². The Kier molecular flexibility index (Phi) is 5.06. The summed E-state index contributed by atoms with van der Waals surface area (Å²) in [4.78, 5) is 41.8. The van der Waals surface area contributed by atoms with Crippen molar-refractivity contribution in [1.29, 1.82) is 0 Å². The Labute approximate surface area is 190 Å². The molecule has 0 bridgehead atoms. The average molecular weight is 457 g/mol. The smallest absolute Gasteiger partial charge is 0.255 e. The highest BCUT2D eigenvalue weighted by atomic mass is 16.3. The van der Waals surface area contributed by atoms with Gasteiger partial charge in [-0.2, -0.15) is 0 Å². The number of primary amides is 1. The maximum Gasteiger partial charge on any atom is 0.255 e. The fourth-order valence-electron chi connectivity index (χ4n) is 5.52. The Morgan fingerprint density at radius 3 is 2.30 bits per heavy atom. The number of aliphatic hydroxyl groups excluding tert-OH is 2. The molecule has 1 aromatic rings. The second-order valence-electron chi connectivity index (χ2n) is 9.36. The number of nitrogens with zero attached hydrogens (tertiary/aromatic N) is 2. The van der Waals surface area contributed by atoms with Gasteiger partial charge in [0.15, 0.2) is 11.4 Å². The normalized spacial score (nSPS) is 29.1. The van der Waals surface area contributed by atoms with Gasteiger partial charge in [-0.15, -0.1) is 0 Å². The molecule has 0 heterocycles. The number of nitrogens with two attached hydrogens (primary N) is 1. The van der Waals surface area contributed by atoms with E-state index in [0.717, 1.165) is 0 Å². The highest BCUT2D eigenvalue weighted by Crippen LogP contribution is 2.52. The van der Waals surface area contributed by atoms with Gasteiger partial charge in [0.05, 0.1) is 11.6 Å². The van der Waals surface area contributed by atoms with Gasteiger partial charge in [0, 0.05) is 37.3 Å². The second kappa shape index (κ2) is 7.32. The summed E-state index contributed by atoms with van der Waals surface area (Å²) in [6.07, 6.45) is 0.336. The number of aromatic hydroxyl groups is 1. The van der Waals surface area contributed by atoms with Gasteiger partial charge in [-0.25, -0.2) is 0 Å². The Balaban J connectivity index is 1.94. The molecule has 3 aliphatic rings. The summed E-state index contributed by atoms with van der Waals surface area (Å²) in [6.45, 7) is 0. The summed E-state index contributed by atoms with van der Waals surface area (Å²) in [6, 6.07) is 2.20. The molecule has 4 atom stereocenters. The molecule has 0 radical (unpaired) electrons. The van der Waals surface area contributed by atoms with E-state index in [9.17, 15) is 34.8 Å². The molecule has 1 unspecified atom stereocenters. The lowest BCUT2D eigenvalue weighted by molar-refractivity contribution is -0.148. The minimum absolute atomic E-state index is 0.00128. The first-order chi connectivity index (χ1) is 15.3. The monoisotopic (exact) mass is 457 g/mol. The number of phenols is 1. The molecule has 0 spiro atoms. The molecule has 0 aromatic heterocycles. The predicted molar refractivity (Wildman–Crippen MR) is 118 cm³/mol. The molecule has 4 rings (SSSR count). The first-order valence-corrected chi connectivity index (χ1v) is 10.5. The summed E-state index contributed by atoms with van der Waals surface area (Å²) < 4.78 is 0. The van der Waals surface area contributed by atoms with Crippen LogP contribution >= 0.6 is 0 Å².